The van der Waals surface area contributed by atoms with E-state index in [2.05, 4.69) is 0 Å². The largest absolute Gasteiger partial charge is 0.466 e. The number of likely N-dealkylation sites (N-methyl/N-ethyl adjacent to an activating group) is 2. The molecule has 1 amide bonds. The number of hydrogen-bond acceptors (Lipinski definition) is 5. The Morgan fingerprint density at radius 2 is 2.10 bits per heavy atom. The smallest absolute Gasteiger partial charge is 0.307 e. The van der Waals surface area contributed by atoms with Gasteiger partial charge >= 0.3 is 5.97 Å². The fourth-order valence-corrected chi connectivity index (χ4v) is 2.35. The van der Waals surface area contributed by atoms with Gasteiger partial charge in [-0.2, -0.15) is 11.3 Å². The van der Waals surface area contributed by atoms with Crippen LogP contribution in [0.5, 0.6) is 0 Å². The predicted molar refractivity (Wildman–Crippen MR) is 79.5 cm³/mol. The highest BCUT2D eigenvalue weighted by atomic mass is 32.1. The van der Waals surface area contributed by atoms with Crippen molar-refractivity contribution in [3.05, 3.63) is 22.4 Å². The Bertz CT molecular complexity index is 420. The van der Waals surface area contributed by atoms with Crippen LogP contribution in [0.15, 0.2) is 16.8 Å². The molecule has 5 nitrogen and oxygen atoms in total. The van der Waals surface area contributed by atoms with E-state index in [0.29, 0.717) is 32.7 Å². The van der Waals surface area contributed by atoms with Gasteiger partial charge in [0.1, 0.15) is 0 Å². The van der Waals surface area contributed by atoms with Crippen molar-refractivity contribution in [2.75, 3.05) is 33.8 Å². The van der Waals surface area contributed by atoms with Crippen LogP contribution < -0.4 is 0 Å². The molecule has 0 saturated heterocycles. The van der Waals surface area contributed by atoms with Crippen molar-refractivity contribution in [2.24, 2.45) is 0 Å². The maximum absolute atomic E-state index is 12.0. The Morgan fingerprint density at radius 1 is 1.35 bits per heavy atom. The molecule has 6 heteroatoms. The molecule has 0 aliphatic carbocycles. The standard InChI is InChI=1S/C14H22N2O3S/c1-4-19-14(18)5-7-15(2)10-13(17)16(3)9-12-6-8-20-11-12/h6,8,11H,4-5,7,9-10H2,1-3H3. The summed E-state index contributed by atoms with van der Waals surface area (Å²) in [5, 5.41) is 4.04. The summed E-state index contributed by atoms with van der Waals surface area (Å²) in [6.45, 7) is 3.63. The molecule has 0 aliphatic rings. The van der Waals surface area contributed by atoms with Gasteiger partial charge in [0.05, 0.1) is 19.6 Å². The number of esters is 1. The first-order chi connectivity index (χ1) is 9.52. The van der Waals surface area contributed by atoms with Crippen molar-refractivity contribution in [3.8, 4) is 0 Å². The average molecular weight is 298 g/mol. The Kier molecular flexibility index (Phi) is 7.25. The van der Waals surface area contributed by atoms with Crippen LogP contribution in [-0.2, 0) is 20.9 Å². The van der Waals surface area contributed by atoms with Crippen LogP contribution in [0, 0.1) is 0 Å². The first-order valence-electron chi connectivity index (χ1n) is 6.62. The van der Waals surface area contributed by atoms with Crippen molar-refractivity contribution < 1.29 is 14.3 Å². The van der Waals surface area contributed by atoms with E-state index < -0.39 is 0 Å². The van der Waals surface area contributed by atoms with Crippen molar-refractivity contribution in [1.82, 2.24) is 9.80 Å². The van der Waals surface area contributed by atoms with E-state index in [1.807, 2.05) is 28.8 Å². The Hall–Kier alpha value is -1.40. The molecule has 0 unspecified atom stereocenters. The van der Waals surface area contributed by atoms with Gasteiger partial charge in [-0.15, -0.1) is 0 Å². The molecule has 0 spiro atoms. The molecule has 0 fully saturated rings. The molecule has 0 aliphatic heterocycles. The van der Waals surface area contributed by atoms with Crippen molar-refractivity contribution in [2.45, 2.75) is 19.9 Å². The summed E-state index contributed by atoms with van der Waals surface area (Å²) in [5.74, 6) is -0.180. The first-order valence-corrected chi connectivity index (χ1v) is 7.56. The fourth-order valence-electron chi connectivity index (χ4n) is 1.69. The lowest BCUT2D eigenvalue weighted by molar-refractivity contribution is -0.144. The molecule has 0 atom stereocenters. The van der Waals surface area contributed by atoms with Gasteiger partial charge in [-0.1, -0.05) is 0 Å². The second-order valence-electron chi connectivity index (χ2n) is 4.67. The fraction of sp³-hybridized carbons (Fsp3) is 0.571. The molecule has 0 N–H and O–H groups in total. The van der Waals surface area contributed by atoms with Gasteiger partial charge in [0.2, 0.25) is 5.91 Å². The van der Waals surface area contributed by atoms with Gasteiger partial charge in [-0.25, -0.2) is 0 Å². The van der Waals surface area contributed by atoms with Crippen LogP contribution in [0.2, 0.25) is 0 Å². The molecule has 0 saturated carbocycles. The summed E-state index contributed by atoms with van der Waals surface area (Å²) in [7, 11) is 3.62. The van der Waals surface area contributed by atoms with Gasteiger partial charge in [0, 0.05) is 20.1 Å². The molecule has 0 bridgehead atoms. The van der Waals surface area contributed by atoms with E-state index in [-0.39, 0.29) is 11.9 Å². The van der Waals surface area contributed by atoms with E-state index in [1.54, 1.807) is 30.2 Å². The lowest BCUT2D eigenvalue weighted by Gasteiger charge is -2.21. The maximum Gasteiger partial charge on any atom is 0.307 e. The first kappa shape index (κ1) is 16.7. The molecule has 0 aromatic carbocycles. The van der Waals surface area contributed by atoms with E-state index in [9.17, 15) is 9.59 Å². The van der Waals surface area contributed by atoms with Crippen molar-refractivity contribution in [3.63, 3.8) is 0 Å². The molecule has 20 heavy (non-hydrogen) atoms. The SMILES string of the molecule is CCOC(=O)CCN(C)CC(=O)N(C)Cc1ccsc1. The van der Waals surface area contributed by atoms with Crippen LogP contribution in [0.4, 0.5) is 0 Å². The number of hydrogen-bond donors (Lipinski definition) is 0. The lowest BCUT2D eigenvalue weighted by Crippen LogP contribution is -2.37. The summed E-state index contributed by atoms with van der Waals surface area (Å²) in [4.78, 5) is 26.8. The lowest BCUT2D eigenvalue weighted by atomic mass is 10.3. The molecule has 1 rings (SSSR count). The normalized spacial score (nSPS) is 10.6. The summed E-state index contributed by atoms with van der Waals surface area (Å²) >= 11 is 1.62. The third-order valence-corrected chi connectivity index (χ3v) is 3.57. The predicted octanol–water partition coefficient (Wildman–Crippen LogP) is 1.59. The van der Waals surface area contributed by atoms with Gasteiger partial charge < -0.3 is 9.64 Å². The quantitative estimate of drug-likeness (QED) is 0.684. The van der Waals surface area contributed by atoms with Crippen molar-refractivity contribution >= 4 is 23.2 Å². The number of thiophene rings is 1. The minimum atomic E-state index is -0.224. The summed E-state index contributed by atoms with van der Waals surface area (Å²) in [6.07, 6.45) is 0.311. The van der Waals surface area contributed by atoms with Crippen LogP contribution in [0.3, 0.4) is 0 Å². The summed E-state index contributed by atoms with van der Waals surface area (Å²) in [5.41, 5.74) is 1.14. The average Bonchev–Trinajstić information content (AvgIpc) is 2.89. The zero-order valence-electron chi connectivity index (χ0n) is 12.3. The molecule has 1 aromatic rings. The van der Waals surface area contributed by atoms with E-state index >= 15 is 0 Å². The molecule has 112 valence electrons. The van der Waals surface area contributed by atoms with Crippen LogP contribution in [-0.4, -0.2) is 55.5 Å². The minimum Gasteiger partial charge on any atom is -0.466 e. The van der Waals surface area contributed by atoms with Gasteiger partial charge in [0.15, 0.2) is 0 Å². The highest BCUT2D eigenvalue weighted by Gasteiger charge is 2.13. The number of carbonyl (C=O) groups excluding carboxylic acids is 2. The van der Waals surface area contributed by atoms with Crippen molar-refractivity contribution in [1.29, 1.82) is 0 Å². The number of rotatable bonds is 8. The molecular weight excluding hydrogens is 276 g/mol. The number of carbonyl (C=O) groups is 2. The minimum absolute atomic E-state index is 0.0440. The third kappa shape index (κ3) is 6.16. The third-order valence-electron chi connectivity index (χ3n) is 2.83. The second-order valence-corrected chi connectivity index (χ2v) is 5.45. The topological polar surface area (TPSA) is 49.9 Å². The highest BCUT2D eigenvalue weighted by Crippen LogP contribution is 2.08. The molecule has 1 heterocycles. The van der Waals surface area contributed by atoms with Crippen LogP contribution in [0.25, 0.3) is 0 Å². The highest BCUT2D eigenvalue weighted by molar-refractivity contribution is 7.07. The Balaban J connectivity index is 2.28. The number of nitrogens with zero attached hydrogens (tertiary/aromatic N) is 2. The molecular formula is C14H22N2O3S. The van der Waals surface area contributed by atoms with E-state index in [0.717, 1.165) is 5.56 Å². The molecule has 0 radical (unpaired) electrons. The van der Waals surface area contributed by atoms with E-state index in [4.69, 9.17) is 4.74 Å². The Morgan fingerprint density at radius 3 is 2.70 bits per heavy atom. The zero-order valence-corrected chi connectivity index (χ0v) is 13.1. The Labute approximate surface area is 124 Å². The van der Waals surface area contributed by atoms with Crippen LogP contribution >= 0.6 is 11.3 Å². The summed E-state index contributed by atoms with van der Waals surface area (Å²) < 4.78 is 4.86. The zero-order chi connectivity index (χ0) is 15.0. The van der Waals surface area contributed by atoms with E-state index in [1.165, 1.54) is 0 Å². The number of ether oxygens (including phenoxy) is 1. The number of amides is 1. The maximum atomic E-state index is 12.0. The van der Waals surface area contributed by atoms with Gasteiger partial charge in [-0.05, 0) is 36.4 Å². The second kappa shape index (κ2) is 8.71. The van der Waals surface area contributed by atoms with Crippen LogP contribution in [0.1, 0.15) is 18.9 Å². The van der Waals surface area contributed by atoms with Gasteiger partial charge in [-0.3, -0.25) is 14.5 Å². The summed E-state index contributed by atoms with van der Waals surface area (Å²) in [6, 6.07) is 2.01. The van der Waals surface area contributed by atoms with Gasteiger partial charge in [0.25, 0.3) is 0 Å². The molecule has 1 aromatic heterocycles. The monoisotopic (exact) mass is 298 g/mol.